The number of methoxy groups -OCH3 is 2. The van der Waals surface area contributed by atoms with E-state index in [9.17, 15) is 12.8 Å². The number of rotatable bonds is 5. The largest absolute Gasteiger partial charge is 0.495 e. The van der Waals surface area contributed by atoms with Crippen LogP contribution in [-0.4, -0.2) is 36.8 Å². The van der Waals surface area contributed by atoms with Crippen LogP contribution in [0.2, 0.25) is 0 Å². The Hall–Kier alpha value is -2.85. The summed E-state index contributed by atoms with van der Waals surface area (Å²) in [4.78, 5) is 4.32. The molecule has 0 spiro atoms. The van der Waals surface area contributed by atoms with E-state index >= 15 is 0 Å². The van der Waals surface area contributed by atoms with Crippen molar-refractivity contribution < 1.29 is 22.3 Å². The molecule has 1 aromatic carbocycles. The number of nitrogen functional groups attached to an aromatic ring is 1. The number of anilines is 1. The summed E-state index contributed by atoms with van der Waals surface area (Å²) in [5, 5.41) is 0. The van der Waals surface area contributed by atoms with Gasteiger partial charge in [-0.3, -0.25) is 10.2 Å². The number of sulfone groups is 1. The lowest BCUT2D eigenvalue weighted by molar-refractivity contribution is 0.388. The van der Waals surface area contributed by atoms with E-state index in [1.807, 2.05) is 0 Å². The number of nitrogens with one attached hydrogen (secondary N) is 1. The third kappa shape index (κ3) is 3.38. The van der Waals surface area contributed by atoms with Crippen molar-refractivity contribution in [3.63, 3.8) is 0 Å². The Labute approximate surface area is 168 Å². The fourth-order valence-electron chi connectivity index (χ4n) is 2.95. The van der Waals surface area contributed by atoms with Crippen molar-refractivity contribution in [2.24, 2.45) is 5.84 Å². The number of nitrogens with zero attached hydrogens (tertiary/aromatic N) is 2. The Bertz CT molecular complexity index is 1180. The van der Waals surface area contributed by atoms with Crippen LogP contribution in [0.25, 0.3) is 16.9 Å². The fraction of sp³-hybridized carbons (Fsp3) is 0.316. The molecule has 0 atom stereocenters. The molecule has 0 unspecified atom stereocenters. The van der Waals surface area contributed by atoms with Gasteiger partial charge < -0.3 is 14.9 Å². The van der Waals surface area contributed by atoms with E-state index in [2.05, 4.69) is 10.4 Å². The normalized spacial score (nSPS) is 12.2. The zero-order valence-corrected chi connectivity index (χ0v) is 17.6. The molecule has 3 aromatic rings. The standard InChI is InChI=1S/C19H23FN4O4S/c1-19(2,3)29(25,26)16-10-24-14(9-22-17(24)8-15(16)27-4)11-6-12(20)18(28-5)13(7-11)23-21/h6-10,23H,21H2,1-5H3. The minimum absolute atomic E-state index is 0.0189. The zero-order chi connectivity index (χ0) is 21.6. The van der Waals surface area contributed by atoms with Gasteiger partial charge in [0, 0.05) is 17.8 Å². The van der Waals surface area contributed by atoms with E-state index in [0.717, 1.165) is 0 Å². The van der Waals surface area contributed by atoms with Gasteiger partial charge in [0.25, 0.3) is 0 Å². The summed E-state index contributed by atoms with van der Waals surface area (Å²) in [6.45, 7) is 4.83. The topological polar surface area (TPSA) is 108 Å². The van der Waals surface area contributed by atoms with Crippen LogP contribution in [-0.2, 0) is 9.84 Å². The summed E-state index contributed by atoms with van der Waals surface area (Å²) in [5.74, 6) is 5.03. The molecule has 0 bridgehead atoms. The van der Waals surface area contributed by atoms with E-state index in [1.54, 1.807) is 31.2 Å². The minimum Gasteiger partial charge on any atom is -0.495 e. The number of benzene rings is 1. The predicted molar refractivity (Wildman–Crippen MR) is 108 cm³/mol. The molecule has 0 aliphatic carbocycles. The number of hydrazine groups is 1. The van der Waals surface area contributed by atoms with Crippen LogP contribution >= 0.6 is 0 Å². The van der Waals surface area contributed by atoms with E-state index in [4.69, 9.17) is 15.3 Å². The number of hydrogen-bond donors (Lipinski definition) is 2. The lowest BCUT2D eigenvalue weighted by atomic mass is 10.1. The number of nitrogens with two attached hydrogens (primary N) is 1. The molecular weight excluding hydrogens is 399 g/mol. The van der Waals surface area contributed by atoms with Crippen LogP contribution in [0, 0.1) is 5.82 Å². The summed E-state index contributed by atoms with van der Waals surface area (Å²) in [7, 11) is -0.985. The van der Waals surface area contributed by atoms with Crippen molar-refractivity contribution in [2.75, 3.05) is 19.6 Å². The number of pyridine rings is 1. The molecule has 0 saturated carbocycles. The molecule has 8 nitrogen and oxygen atoms in total. The van der Waals surface area contributed by atoms with Crippen molar-refractivity contribution >= 4 is 21.2 Å². The van der Waals surface area contributed by atoms with E-state index in [1.165, 1.54) is 38.7 Å². The molecular formula is C19H23FN4O4S. The fourth-order valence-corrected chi connectivity index (χ4v) is 4.26. The van der Waals surface area contributed by atoms with Gasteiger partial charge >= 0.3 is 0 Å². The van der Waals surface area contributed by atoms with Gasteiger partial charge in [-0.25, -0.2) is 17.8 Å². The quantitative estimate of drug-likeness (QED) is 0.481. The highest BCUT2D eigenvalue weighted by atomic mass is 32.2. The molecule has 0 radical (unpaired) electrons. The van der Waals surface area contributed by atoms with E-state index in [0.29, 0.717) is 16.9 Å². The lowest BCUT2D eigenvalue weighted by Crippen LogP contribution is -2.28. The molecule has 0 aliphatic heterocycles. The van der Waals surface area contributed by atoms with Gasteiger partial charge in [0.1, 0.15) is 16.3 Å². The number of hydrogen-bond acceptors (Lipinski definition) is 7. The van der Waals surface area contributed by atoms with Crippen LogP contribution in [0.3, 0.4) is 0 Å². The number of ether oxygens (including phenoxy) is 2. The molecule has 3 rings (SSSR count). The third-order valence-corrected chi connectivity index (χ3v) is 7.09. The van der Waals surface area contributed by atoms with Gasteiger partial charge in [-0.1, -0.05) is 0 Å². The SMILES string of the molecule is COc1cc2ncc(-c3cc(F)c(OC)c(NN)c3)n2cc1S(=O)(=O)C(C)(C)C. The summed E-state index contributed by atoms with van der Waals surface area (Å²) >= 11 is 0. The van der Waals surface area contributed by atoms with Gasteiger partial charge in [0.05, 0.1) is 36.5 Å². The van der Waals surface area contributed by atoms with Gasteiger partial charge in [-0.15, -0.1) is 0 Å². The predicted octanol–water partition coefficient (Wildman–Crippen LogP) is 3.02. The van der Waals surface area contributed by atoms with Crippen LogP contribution < -0.4 is 20.7 Å². The van der Waals surface area contributed by atoms with Gasteiger partial charge in [0.15, 0.2) is 21.4 Å². The van der Waals surface area contributed by atoms with Gasteiger partial charge in [-0.2, -0.15) is 0 Å². The monoisotopic (exact) mass is 422 g/mol. The second-order valence-corrected chi connectivity index (χ2v) is 10.0. The molecule has 2 heterocycles. The van der Waals surface area contributed by atoms with Gasteiger partial charge in [0.2, 0.25) is 0 Å². The smallest absolute Gasteiger partial charge is 0.188 e. The Kier molecular flexibility index (Phi) is 5.18. The maximum Gasteiger partial charge on any atom is 0.188 e. The van der Waals surface area contributed by atoms with Gasteiger partial charge in [-0.05, 0) is 32.9 Å². The highest BCUT2D eigenvalue weighted by Crippen LogP contribution is 2.36. The third-order valence-electron chi connectivity index (χ3n) is 4.59. The maximum absolute atomic E-state index is 14.5. The number of imidazole rings is 1. The van der Waals surface area contributed by atoms with Crippen molar-refractivity contribution in [1.29, 1.82) is 0 Å². The highest BCUT2D eigenvalue weighted by Gasteiger charge is 2.34. The Balaban J connectivity index is 2.30. The molecule has 2 aromatic heterocycles. The highest BCUT2D eigenvalue weighted by molar-refractivity contribution is 7.92. The lowest BCUT2D eigenvalue weighted by Gasteiger charge is -2.21. The van der Waals surface area contributed by atoms with Crippen LogP contribution in [0.5, 0.6) is 11.5 Å². The number of fused-ring (bicyclic) bond motifs is 1. The number of halogens is 1. The first kappa shape index (κ1) is 20.9. The van der Waals surface area contributed by atoms with Crippen molar-refractivity contribution in [3.8, 4) is 22.8 Å². The average Bonchev–Trinajstić information content (AvgIpc) is 3.08. The van der Waals surface area contributed by atoms with Crippen molar-refractivity contribution in [1.82, 2.24) is 9.38 Å². The minimum atomic E-state index is -3.72. The second kappa shape index (κ2) is 7.20. The molecule has 156 valence electrons. The van der Waals surface area contributed by atoms with Crippen molar-refractivity contribution in [2.45, 2.75) is 30.4 Å². The Morgan fingerprint density at radius 2 is 1.86 bits per heavy atom. The molecule has 0 saturated heterocycles. The molecule has 29 heavy (non-hydrogen) atoms. The van der Waals surface area contributed by atoms with Crippen molar-refractivity contribution in [3.05, 3.63) is 36.4 Å². The molecule has 0 fully saturated rings. The molecule has 0 aliphatic rings. The van der Waals surface area contributed by atoms with Crippen LogP contribution in [0.1, 0.15) is 20.8 Å². The zero-order valence-electron chi connectivity index (χ0n) is 16.8. The molecule has 10 heteroatoms. The molecule has 3 N–H and O–H groups in total. The van der Waals surface area contributed by atoms with E-state index < -0.39 is 20.4 Å². The Morgan fingerprint density at radius 1 is 1.17 bits per heavy atom. The maximum atomic E-state index is 14.5. The van der Waals surface area contributed by atoms with E-state index in [-0.39, 0.29) is 22.1 Å². The first-order chi connectivity index (χ1) is 13.5. The molecule has 0 amide bonds. The second-order valence-electron chi connectivity index (χ2n) is 7.38. The first-order valence-electron chi connectivity index (χ1n) is 8.69. The number of aromatic nitrogens is 2. The summed E-state index contributed by atoms with van der Waals surface area (Å²) in [6, 6.07) is 4.39. The summed E-state index contributed by atoms with van der Waals surface area (Å²) < 4.78 is 51.5. The average molecular weight is 422 g/mol. The van der Waals surface area contributed by atoms with Crippen LogP contribution in [0.15, 0.2) is 35.5 Å². The first-order valence-corrected chi connectivity index (χ1v) is 10.2. The summed E-state index contributed by atoms with van der Waals surface area (Å²) in [6.07, 6.45) is 2.96. The Morgan fingerprint density at radius 3 is 2.41 bits per heavy atom. The van der Waals surface area contributed by atoms with Crippen LogP contribution in [0.4, 0.5) is 10.1 Å². The summed E-state index contributed by atoms with van der Waals surface area (Å²) in [5.41, 5.74) is 4.01.